The zero-order chi connectivity index (χ0) is 22.3. The van der Waals surface area contributed by atoms with Gasteiger partial charge in [-0.1, -0.05) is 30.0 Å². The van der Waals surface area contributed by atoms with E-state index < -0.39 is 9.84 Å². The lowest BCUT2D eigenvalue weighted by atomic mass is 10.2. The van der Waals surface area contributed by atoms with Crippen molar-refractivity contribution in [3.63, 3.8) is 0 Å². The van der Waals surface area contributed by atoms with E-state index in [4.69, 9.17) is 4.98 Å². The van der Waals surface area contributed by atoms with E-state index in [0.717, 1.165) is 10.4 Å². The van der Waals surface area contributed by atoms with Crippen LogP contribution in [0.3, 0.4) is 0 Å². The monoisotopic (exact) mass is 477 g/mol. The van der Waals surface area contributed by atoms with Gasteiger partial charge in [-0.2, -0.15) is 0 Å². The van der Waals surface area contributed by atoms with Crippen LogP contribution in [-0.4, -0.2) is 59.1 Å². The molecule has 1 unspecified atom stereocenters. The molecule has 1 aliphatic heterocycles. The summed E-state index contributed by atoms with van der Waals surface area (Å²) in [5.41, 5.74) is 1.47. The van der Waals surface area contributed by atoms with Crippen LogP contribution in [0.25, 0.3) is 15.9 Å². The number of benzene rings is 1. The number of amides is 1. The van der Waals surface area contributed by atoms with Crippen molar-refractivity contribution in [2.24, 2.45) is 0 Å². The predicted octanol–water partition coefficient (Wildman–Crippen LogP) is 2.80. The highest BCUT2D eigenvalue weighted by Gasteiger charge is 2.32. The molecule has 0 N–H and O–H groups in total. The minimum absolute atomic E-state index is 0.00654. The zero-order valence-corrected chi connectivity index (χ0v) is 19.9. The van der Waals surface area contributed by atoms with Crippen LogP contribution in [0, 0.1) is 13.8 Å². The topological polar surface area (TPSA) is 89.3 Å². The number of aromatic nitrogens is 2. The smallest absolute Gasteiger partial charge is 0.267 e. The molecule has 2 aromatic heterocycles. The molecule has 1 amide bonds. The first-order valence-electron chi connectivity index (χ1n) is 9.85. The van der Waals surface area contributed by atoms with Gasteiger partial charge in [-0.15, -0.1) is 11.3 Å². The number of carbonyl (C=O) groups is 1. The molecule has 164 valence electrons. The molecule has 10 heteroatoms. The number of nitrogens with zero attached hydrogens (tertiary/aromatic N) is 3. The van der Waals surface area contributed by atoms with Crippen LogP contribution in [0.15, 0.2) is 40.3 Å². The highest BCUT2D eigenvalue weighted by atomic mass is 32.2. The lowest BCUT2D eigenvalue weighted by molar-refractivity contribution is -0.128. The van der Waals surface area contributed by atoms with Crippen molar-refractivity contribution in [2.75, 3.05) is 24.3 Å². The van der Waals surface area contributed by atoms with Crippen LogP contribution in [0.2, 0.25) is 0 Å². The number of fused-ring (bicyclic) bond motifs is 1. The van der Waals surface area contributed by atoms with E-state index in [-0.39, 0.29) is 34.8 Å². The van der Waals surface area contributed by atoms with E-state index >= 15 is 0 Å². The van der Waals surface area contributed by atoms with Gasteiger partial charge in [-0.05, 0) is 38.0 Å². The second kappa shape index (κ2) is 8.40. The molecule has 1 saturated heterocycles. The molecule has 31 heavy (non-hydrogen) atoms. The first-order valence-corrected chi connectivity index (χ1v) is 13.5. The number of rotatable bonds is 5. The number of thiophene rings is 1. The molecule has 1 atom stereocenters. The normalized spacial score (nSPS) is 17.8. The van der Waals surface area contributed by atoms with Crippen LogP contribution in [0.1, 0.15) is 16.9 Å². The lowest BCUT2D eigenvalue weighted by Gasteiger charge is -2.23. The van der Waals surface area contributed by atoms with Gasteiger partial charge in [-0.3, -0.25) is 14.2 Å². The first kappa shape index (κ1) is 22.0. The van der Waals surface area contributed by atoms with Crippen molar-refractivity contribution < 1.29 is 13.2 Å². The summed E-state index contributed by atoms with van der Waals surface area (Å²) in [6, 6.07) is 8.96. The predicted molar refractivity (Wildman–Crippen MR) is 125 cm³/mol. The lowest BCUT2D eigenvalue weighted by Crippen LogP contribution is -2.39. The van der Waals surface area contributed by atoms with Crippen molar-refractivity contribution >= 4 is 49.1 Å². The number of hydrogen-bond acceptors (Lipinski definition) is 7. The van der Waals surface area contributed by atoms with Gasteiger partial charge in [-0.25, -0.2) is 13.4 Å². The summed E-state index contributed by atoms with van der Waals surface area (Å²) in [6.45, 7) is 3.89. The van der Waals surface area contributed by atoms with Crippen molar-refractivity contribution in [3.05, 3.63) is 51.1 Å². The summed E-state index contributed by atoms with van der Waals surface area (Å²) >= 11 is 2.67. The highest BCUT2D eigenvalue weighted by molar-refractivity contribution is 7.99. The Morgan fingerprint density at radius 3 is 2.65 bits per heavy atom. The van der Waals surface area contributed by atoms with Gasteiger partial charge in [0.05, 0.1) is 28.3 Å². The molecule has 3 heterocycles. The van der Waals surface area contributed by atoms with E-state index in [1.807, 2.05) is 44.2 Å². The van der Waals surface area contributed by atoms with Crippen LogP contribution in [0.4, 0.5) is 0 Å². The maximum Gasteiger partial charge on any atom is 0.267 e. The third-order valence-corrected chi connectivity index (χ3v) is 9.44. The van der Waals surface area contributed by atoms with Crippen molar-refractivity contribution in [1.82, 2.24) is 14.5 Å². The molecular weight excluding hydrogens is 454 g/mol. The van der Waals surface area contributed by atoms with E-state index in [2.05, 4.69) is 0 Å². The molecule has 1 aromatic carbocycles. The van der Waals surface area contributed by atoms with E-state index in [9.17, 15) is 18.0 Å². The molecule has 0 saturated carbocycles. The molecular formula is C21H23N3O4S3. The van der Waals surface area contributed by atoms with Gasteiger partial charge in [0, 0.05) is 18.0 Å². The minimum atomic E-state index is -3.07. The summed E-state index contributed by atoms with van der Waals surface area (Å²) < 4.78 is 25.1. The average molecular weight is 478 g/mol. The Balaban J connectivity index is 1.67. The molecule has 1 fully saturated rings. The Morgan fingerprint density at radius 1 is 1.29 bits per heavy atom. The van der Waals surface area contributed by atoms with Gasteiger partial charge in [0.1, 0.15) is 4.83 Å². The number of hydrogen-bond donors (Lipinski definition) is 0. The summed E-state index contributed by atoms with van der Waals surface area (Å²) in [5, 5.41) is 1.06. The van der Waals surface area contributed by atoms with Crippen LogP contribution in [0.5, 0.6) is 0 Å². The molecule has 4 rings (SSSR count). The Labute approximate surface area is 189 Å². The third kappa shape index (κ3) is 4.28. The SMILES string of the molecule is Cc1sc2nc(SCC(=O)N(C)C3CCS(=O)(=O)C3)n(-c3ccccc3)c(=O)c2c1C. The number of aryl methyl sites for hydroxylation is 2. The molecule has 0 spiro atoms. The molecule has 1 aliphatic rings. The van der Waals surface area contributed by atoms with Crippen molar-refractivity contribution in [2.45, 2.75) is 31.5 Å². The molecule has 0 bridgehead atoms. The molecule has 7 nitrogen and oxygen atoms in total. The fourth-order valence-corrected chi connectivity index (χ4v) is 7.47. The van der Waals surface area contributed by atoms with Gasteiger partial charge >= 0.3 is 0 Å². The van der Waals surface area contributed by atoms with Gasteiger partial charge < -0.3 is 4.90 Å². The van der Waals surface area contributed by atoms with E-state index in [0.29, 0.717) is 27.5 Å². The Kier molecular flexibility index (Phi) is 5.97. The second-order valence-electron chi connectivity index (χ2n) is 7.68. The number of sulfone groups is 1. The number of thioether (sulfide) groups is 1. The van der Waals surface area contributed by atoms with Gasteiger partial charge in [0.15, 0.2) is 15.0 Å². The fourth-order valence-electron chi connectivity index (χ4n) is 3.69. The first-order chi connectivity index (χ1) is 14.7. The Morgan fingerprint density at radius 2 is 2.00 bits per heavy atom. The summed E-state index contributed by atoms with van der Waals surface area (Å²) in [4.78, 5) is 34.1. The highest BCUT2D eigenvalue weighted by Crippen LogP contribution is 2.30. The summed E-state index contributed by atoms with van der Waals surface area (Å²) in [6.07, 6.45) is 0.460. The van der Waals surface area contributed by atoms with E-state index in [1.54, 1.807) is 11.6 Å². The maximum atomic E-state index is 13.4. The third-order valence-electron chi connectivity index (χ3n) is 5.66. The van der Waals surface area contributed by atoms with Crippen molar-refractivity contribution in [1.29, 1.82) is 0 Å². The van der Waals surface area contributed by atoms with Crippen LogP contribution in [-0.2, 0) is 14.6 Å². The quantitative estimate of drug-likeness (QED) is 0.415. The maximum absolute atomic E-state index is 13.4. The second-order valence-corrected chi connectivity index (χ2v) is 12.1. The summed E-state index contributed by atoms with van der Waals surface area (Å²) in [5.74, 6) is 0.0126. The zero-order valence-electron chi connectivity index (χ0n) is 17.5. The standard InChI is InChI=1S/C21H23N3O4S3/c1-13-14(2)30-19-18(13)20(26)24(15-7-5-4-6-8-15)21(22-19)29-11-17(25)23(3)16-9-10-31(27,28)12-16/h4-8,16H,9-12H2,1-3H3. The van der Waals surface area contributed by atoms with Crippen LogP contribution >= 0.6 is 23.1 Å². The van der Waals surface area contributed by atoms with E-state index in [1.165, 1.54) is 28.0 Å². The summed E-state index contributed by atoms with van der Waals surface area (Å²) in [7, 11) is -1.43. The molecule has 0 aliphatic carbocycles. The largest absolute Gasteiger partial charge is 0.341 e. The van der Waals surface area contributed by atoms with Crippen LogP contribution < -0.4 is 5.56 Å². The molecule has 3 aromatic rings. The Hall–Kier alpha value is -2.17. The molecule has 0 radical (unpaired) electrons. The minimum Gasteiger partial charge on any atom is -0.341 e. The number of carbonyl (C=O) groups excluding carboxylic acids is 1. The fraction of sp³-hybridized carbons (Fsp3) is 0.381. The van der Waals surface area contributed by atoms with Gasteiger partial charge in [0.25, 0.3) is 5.56 Å². The van der Waals surface area contributed by atoms with Crippen molar-refractivity contribution in [3.8, 4) is 5.69 Å². The van der Waals surface area contributed by atoms with Gasteiger partial charge in [0.2, 0.25) is 5.91 Å². The number of para-hydroxylation sites is 1. The average Bonchev–Trinajstić information content (AvgIpc) is 3.24. The Bertz CT molecular complexity index is 1310.